The summed E-state index contributed by atoms with van der Waals surface area (Å²) in [5, 5.41) is 6.66. The third-order valence-corrected chi connectivity index (χ3v) is 4.97. The molecule has 2 N–H and O–H groups in total. The molecule has 0 aliphatic carbocycles. The highest BCUT2D eigenvalue weighted by molar-refractivity contribution is 6.33. The Bertz CT molecular complexity index is 1240. The maximum Gasteiger partial charge on any atom is 0.345 e. The van der Waals surface area contributed by atoms with Crippen molar-refractivity contribution in [1.29, 1.82) is 0 Å². The monoisotopic (exact) mass is 495 g/mol. The van der Waals surface area contributed by atoms with Gasteiger partial charge in [0.2, 0.25) is 0 Å². The minimum Gasteiger partial charge on any atom is -0.493 e. The van der Waals surface area contributed by atoms with Crippen molar-refractivity contribution >= 4 is 35.6 Å². The molecule has 9 nitrogen and oxygen atoms in total. The number of esters is 1. The molecule has 0 atom stereocenters. The van der Waals surface area contributed by atoms with E-state index in [1.54, 1.807) is 60.7 Å². The Labute approximate surface area is 206 Å². The van der Waals surface area contributed by atoms with Crippen molar-refractivity contribution in [2.45, 2.75) is 0 Å². The summed E-state index contributed by atoms with van der Waals surface area (Å²) in [6, 6.07) is 17.7. The molecule has 2 amide bonds. The predicted molar refractivity (Wildman–Crippen MR) is 130 cm³/mol. The second-order valence-corrected chi connectivity index (χ2v) is 7.39. The van der Waals surface area contributed by atoms with Crippen LogP contribution in [0.15, 0.2) is 71.8 Å². The fourth-order valence-corrected chi connectivity index (χ4v) is 3.08. The van der Waals surface area contributed by atoms with Crippen LogP contribution in [0.5, 0.6) is 17.2 Å². The number of amides is 2. The molecule has 0 radical (unpaired) electrons. The summed E-state index contributed by atoms with van der Waals surface area (Å²) in [5.74, 6) is -0.317. The van der Waals surface area contributed by atoms with Crippen molar-refractivity contribution < 1.29 is 28.6 Å². The van der Waals surface area contributed by atoms with E-state index in [9.17, 15) is 14.4 Å². The van der Waals surface area contributed by atoms with Gasteiger partial charge in [-0.2, -0.15) is 5.10 Å². The van der Waals surface area contributed by atoms with Crippen LogP contribution in [0, 0.1) is 0 Å². The molecule has 10 heteroatoms. The third kappa shape index (κ3) is 7.05. The van der Waals surface area contributed by atoms with Crippen molar-refractivity contribution in [1.82, 2.24) is 10.7 Å². The Morgan fingerprint density at radius 1 is 0.943 bits per heavy atom. The van der Waals surface area contributed by atoms with E-state index < -0.39 is 17.8 Å². The first kappa shape index (κ1) is 25.3. The maximum atomic E-state index is 12.3. The van der Waals surface area contributed by atoms with E-state index in [-0.39, 0.29) is 12.1 Å². The van der Waals surface area contributed by atoms with E-state index in [0.29, 0.717) is 33.4 Å². The van der Waals surface area contributed by atoms with Gasteiger partial charge in [-0.1, -0.05) is 23.7 Å². The van der Waals surface area contributed by atoms with Gasteiger partial charge in [-0.25, -0.2) is 10.2 Å². The molecule has 35 heavy (non-hydrogen) atoms. The molecule has 0 bridgehead atoms. The fourth-order valence-electron chi connectivity index (χ4n) is 2.87. The number of halogens is 1. The number of carbonyl (C=O) groups excluding carboxylic acids is 3. The van der Waals surface area contributed by atoms with Gasteiger partial charge in [0.1, 0.15) is 5.75 Å². The molecule has 0 aliphatic rings. The zero-order valence-corrected chi connectivity index (χ0v) is 19.7. The van der Waals surface area contributed by atoms with Crippen molar-refractivity contribution in [2.75, 3.05) is 20.8 Å². The lowest BCUT2D eigenvalue weighted by molar-refractivity contribution is -0.120. The van der Waals surface area contributed by atoms with E-state index in [0.717, 1.165) is 0 Å². The first-order chi connectivity index (χ1) is 16.9. The highest BCUT2D eigenvalue weighted by Crippen LogP contribution is 2.27. The number of hydrogen-bond donors (Lipinski definition) is 2. The van der Waals surface area contributed by atoms with Crippen LogP contribution in [0.25, 0.3) is 0 Å². The fraction of sp³-hybridized carbons (Fsp3) is 0.120. The number of ether oxygens (including phenoxy) is 3. The molecular formula is C25H22ClN3O6. The summed E-state index contributed by atoms with van der Waals surface area (Å²) in [6.45, 7) is -0.276. The van der Waals surface area contributed by atoms with Gasteiger partial charge in [0.25, 0.3) is 11.8 Å². The van der Waals surface area contributed by atoms with E-state index >= 15 is 0 Å². The highest BCUT2D eigenvalue weighted by Gasteiger charge is 2.13. The number of benzene rings is 3. The molecule has 0 aliphatic heterocycles. The minimum absolute atomic E-state index is 0.265. The van der Waals surface area contributed by atoms with Gasteiger partial charge in [-0.15, -0.1) is 0 Å². The van der Waals surface area contributed by atoms with Crippen molar-refractivity contribution in [3.05, 3.63) is 88.4 Å². The predicted octanol–water partition coefficient (Wildman–Crippen LogP) is 3.46. The zero-order chi connectivity index (χ0) is 25.2. The molecule has 0 saturated heterocycles. The van der Waals surface area contributed by atoms with Gasteiger partial charge in [-0.05, 0) is 60.2 Å². The second kappa shape index (κ2) is 12.2. The lowest BCUT2D eigenvalue weighted by atomic mass is 10.2. The van der Waals surface area contributed by atoms with Crippen LogP contribution >= 0.6 is 11.6 Å². The van der Waals surface area contributed by atoms with Crippen LogP contribution < -0.4 is 25.0 Å². The van der Waals surface area contributed by atoms with Gasteiger partial charge >= 0.3 is 5.97 Å². The Kier molecular flexibility index (Phi) is 8.80. The van der Waals surface area contributed by atoms with E-state index in [4.69, 9.17) is 25.8 Å². The van der Waals surface area contributed by atoms with Crippen molar-refractivity contribution in [2.24, 2.45) is 5.10 Å². The van der Waals surface area contributed by atoms with E-state index in [1.807, 2.05) is 0 Å². The Morgan fingerprint density at radius 3 is 2.34 bits per heavy atom. The Balaban J connectivity index is 1.47. The Hall–Kier alpha value is -4.37. The highest BCUT2D eigenvalue weighted by atomic mass is 35.5. The molecule has 3 rings (SSSR count). The van der Waals surface area contributed by atoms with E-state index in [1.165, 1.54) is 26.5 Å². The summed E-state index contributed by atoms with van der Waals surface area (Å²) in [5.41, 5.74) is 3.55. The van der Waals surface area contributed by atoms with Crippen LogP contribution in [0.4, 0.5) is 0 Å². The molecule has 0 fully saturated rings. The lowest BCUT2D eigenvalue weighted by Gasteiger charge is -2.09. The molecular weight excluding hydrogens is 474 g/mol. The molecule has 3 aromatic carbocycles. The SMILES string of the molecule is COc1ccc(C(=O)NCC(=O)N/N=C\c2ccc(OC(=O)c3ccccc3Cl)cc2)cc1OC. The quantitative estimate of drug-likeness (QED) is 0.203. The second-order valence-electron chi connectivity index (χ2n) is 6.98. The normalized spacial score (nSPS) is 10.5. The first-order valence-electron chi connectivity index (χ1n) is 10.3. The maximum absolute atomic E-state index is 12.3. The molecule has 0 spiro atoms. The topological polar surface area (TPSA) is 115 Å². The molecule has 180 valence electrons. The largest absolute Gasteiger partial charge is 0.493 e. The van der Waals surface area contributed by atoms with E-state index in [2.05, 4.69) is 15.8 Å². The van der Waals surface area contributed by atoms with Crippen LogP contribution in [-0.2, 0) is 4.79 Å². The Morgan fingerprint density at radius 2 is 1.66 bits per heavy atom. The van der Waals surface area contributed by atoms with Crippen LogP contribution in [-0.4, -0.2) is 44.8 Å². The smallest absolute Gasteiger partial charge is 0.345 e. The zero-order valence-electron chi connectivity index (χ0n) is 18.9. The first-order valence-corrected chi connectivity index (χ1v) is 10.7. The summed E-state index contributed by atoms with van der Waals surface area (Å²) < 4.78 is 15.6. The average molecular weight is 496 g/mol. The number of hydrogen-bond acceptors (Lipinski definition) is 7. The molecule has 0 heterocycles. The number of carbonyl (C=O) groups is 3. The summed E-state index contributed by atoms with van der Waals surface area (Å²) in [6.07, 6.45) is 1.41. The van der Waals surface area contributed by atoms with Crippen LogP contribution in [0.1, 0.15) is 26.3 Å². The standard InChI is InChI=1S/C25H22ClN3O6/c1-33-21-12-9-17(13-22(21)34-2)24(31)27-15-23(30)29-28-14-16-7-10-18(11-8-16)35-25(32)19-5-3-4-6-20(19)26/h3-14H,15H2,1-2H3,(H,27,31)(H,29,30)/b28-14-. The number of nitrogens with one attached hydrogen (secondary N) is 2. The number of methoxy groups -OCH3 is 2. The third-order valence-electron chi connectivity index (χ3n) is 4.64. The van der Waals surface area contributed by atoms with Crippen LogP contribution in [0.3, 0.4) is 0 Å². The van der Waals surface area contributed by atoms with Crippen LogP contribution in [0.2, 0.25) is 5.02 Å². The van der Waals surface area contributed by atoms with Crippen molar-refractivity contribution in [3.8, 4) is 17.2 Å². The molecule has 0 unspecified atom stereocenters. The van der Waals surface area contributed by atoms with Gasteiger partial charge < -0.3 is 19.5 Å². The molecule has 0 saturated carbocycles. The summed E-state index contributed by atoms with van der Waals surface area (Å²) in [7, 11) is 2.96. The minimum atomic E-state index is -0.570. The lowest BCUT2D eigenvalue weighted by Crippen LogP contribution is -2.34. The molecule has 0 aromatic heterocycles. The van der Waals surface area contributed by atoms with Gasteiger partial charge in [-0.3, -0.25) is 9.59 Å². The number of nitrogens with zero attached hydrogens (tertiary/aromatic N) is 1. The van der Waals surface area contributed by atoms with Gasteiger partial charge in [0.15, 0.2) is 11.5 Å². The van der Waals surface area contributed by atoms with Gasteiger partial charge in [0.05, 0.1) is 37.6 Å². The van der Waals surface area contributed by atoms with Crippen molar-refractivity contribution in [3.63, 3.8) is 0 Å². The number of hydrazone groups is 1. The number of rotatable bonds is 9. The average Bonchev–Trinajstić information content (AvgIpc) is 2.88. The summed E-state index contributed by atoms with van der Waals surface area (Å²) >= 11 is 6.00. The van der Waals surface area contributed by atoms with Gasteiger partial charge in [0, 0.05) is 5.56 Å². The molecule has 3 aromatic rings. The summed E-state index contributed by atoms with van der Waals surface area (Å²) in [4.78, 5) is 36.4.